The number of rotatable bonds is 12. The lowest BCUT2D eigenvalue weighted by atomic mass is 10.0. The van der Waals surface area contributed by atoms with E-state index in [1.165, 1.54) is 12.4 Å². The fraction of sp³-hybridized carbons (Fsp3) is 0.455. The Bertz CT molecular complexity index is 862. The molecule has 0 saturated heterocycles. The van der Waals surface area contributed by atoms with Gasteiger partial charge in [0.2, 0.25) is 5.91 Å². The number of hydrogen-bond acceptors (Lipinski definition) is 5. The summed E-state index contributed by atoms with van der Waals surface area (Å²) in [6.45, 7) is 4.19. The third kappa shape index (κ3) is 6.72. The van der Waals surface area contributed by atoms with E-state index in [1.807, 2.05) is 0 Å². The van der Waals surface area contributed by atoms with Crippen LogP contribution in [0.1, 0.15) is 67.9 Å². The lowest BCUT2D eigenvalue weighted by molar-refractivity contribution is -0.147. The van der Waals surface area contributed by atoms with Crippen molar-refractivity contribution in [2.24, 2.45) is 0 Å². The second-order valence-corrected chi connectivity index (χ2v) is 7.01. The van der Waals surface area contributed by atoms with Crippen molar-refractivity contribution in [3.05, 3.63) is 47.9 Å². The van der Waals surface area contributed by atoms with Gasteiger partial charge in [-0.15, -0.1) is 0 Å². The number of nitrogens with zero attached hydrogens (tertiary/aromatic N) is 2. The maximum Gasteiger partial charge on any atom is 0.335 e. The molecule has 1 aromatic carbocycles. The number of carboxylic acid groups (broad SMARTS) is 1. The van der Waals surface area contributed by atoms with Crippen molar-refractivity contribution in [3.8, 4) is 0 Å². The highest BCUT2D eigenvalue weighted by molar-refractivity contribution is 5.95. The van der Waals surface area contributed by atoms with Crippen molar-refractivity contribution in [1.82, 2.24) is 9.55 Å². The van der Waals surface area contributed by atoms with Gasteiger partial charge in [0.15, 0.2) is 5.82 Å². The molecule has 0 bridgehead atoms. The molecule has 30 heavy (non-hydrogen) atoms. The van der Waals surface area contributed by atoms with Crippen molar-refractivity contribution >= 4 is 23.7 Å². The normalized spacial score (nSPS) is 11.7. The highest BCUT2D eigenvalue weighted by Crippen LogP contribution is 2.20. The Morgan fingerprint density at radius 3 is 2.63 bits per heavy atom. The van der Waals surface area contributed by atoms with E-state index in [1.54, 1.807) is 35.9 Å². The van der Waals surface area contributed by atoms with E-state index >= 15 is 0 Å². The van der Waals surface area contributed by atoms with E-state index in [0.29, 0.717) is 24.4 Å². The molecule has 8 nitrogen and oxygen atoms in total. The summed E-state index contributed by atoms with van der Waals surface area (Å²) in [5.74, 6) is -1.48. The van der Waals surface area contributed by atoms with Gasteiger partial charge in [-0.3, -0.25) is 4.79 Å². The average molecular weight is 415 g/mol. The number of benzene rings is 1. The van der Waals surface area contributed by atoms with Crippen LogP contribution in [-0.2, 0) is 20.7 Å². The molecule has 0 aliphatic heterocycles. The molecule has 1 unspecified atom stereocenters. The smallest absolute Gasteiger partial charge is 0.335 e. The number of amides is 1. The van der Waals surface area contributed by atoms with Crippen LogP contribution in [0.2, 0.25) is 0 Å². The number of aromatic carboxylic acids is 1. The van der Waals surface area contributed by atoms with E-state index in [2.05, 4.69) is 17.2 Å². The van der Waals surface area contributed by atoms with Crippen molar-refractivity contribution in [3.63, 3.8) is 0 Å². The summed E-state index contributed by atoms with van der Waals surface area (Å²) in [5, 5.41) is 11.9. The number of anilines is 1. The fourth-order valence-electron chi connectivity index (χ4n) is 3.21. The van der Waals surface area contributed by atoms with Crippen LogP contribution in [0, 0.1) is 0 Å². The summed E-state index contributed by atoms with van der Waals surface area (Å²) < 4.78 is 6.85. The van der Waals surface area contributed by atoms with E-state index in [0.717, 1.165) is 25.7 Å². The van der Waals surface area contributed by atoms with E-state index in [4.69, 9.17) is 4.74 Å². The predicted molar refractivity (Wildman–Crippen MR) is 112 cm³/mol. The molecule has 0 spiro atoms. The Labute approximate surface area is 176 Å². The summed E-state index contributed by atoms with van der Waals surface area (Å²) >= 11 is 0. The molecular formula is C22H29N3O5. The molecule has 1 heterocycles. The van der Waals surface area contributed by atoms with Gasteiger partial charge in [0.05, 0.1) is 24.9 Å². The molecule has 1 aromatic heterocycles. The predicted octanol–water partition coefficient (Wildman–Crippen LogP) is 3.84. The fourth-order valence-corrected chi connectivity index (χ4v) is 3.21. The number of carbonyl (C=O) groups excluding carboxylic acids is 2. The minimum Gasteiger partial charge on any atom is -0.478 e. The molecule has 1 amide bonds. The standard InChI is InChI=1S/C22H29N3O5/c1-3-5-6-7-12-18(22(29)30-4-2)25-14-19(23-15-25)24-20(26)13-16-10-8-9-11-17(16)21(27)28/h8-11,14-15,18H,3-7,12-13H2,1-2H3,(H,24,26)(H,27,28). The summed E-state index contributed by atoms with van der Waals surface area (Å²) in [7, 11) is 0. The quantitative estimate of drug-likeness (QED) is 0.403. The largest absolute Gasteiger partial charge is 0.478 e. The lowest BCUT2D eigenvalue weighted by Crippen LogP contribution is -2.21. The zero-order chi connectivity index (χ0) is 21.9. The Hall–Kier alpha value is -3.16. The van der Waals surface area contributed by atoms with Crippen LogP contribution < -0.4 is 5.32 Å². The number of carboxylic acids is 1. The van der Waals surface area contributed by atoms with Crippen LogP contribution in [0.15, 0.2) is 36.8 Å². The van der Waals surface area contributed by atoms with Gasteiger partial charge in [-0.2, -0.15) is 0 Å². The Balaban J connectivity index is 2.04. The van der Waals surface area contributed by atoms with Crippen LogP contribution in [0.3, 0.4) is 0 Å². The monoisotopic (exact) mass is 415 g/mol. The van der Waals surface area contributed by atoms with E-state index < -0.39 is 12.0 Å². The summed E-state index contributed by atoms with van der Waals surface area (Å²) in [4.78, 5) is 40.2. The third-order valence-electron chi connectivity index (χ3n) is 4.72. The minimum atomic E-state index is -1.08. The highest BCUT2D eigenvalue weighted by atomic mass is 16.5. The number of ether oxygens (including phenoxy) is 1. The molecule has 0 radical (unpaired) electrons. The average Bonchev–Trinajstić information content (AvgIpc) is 3.16. The summed E-state index contributed by atoms with van der Waals surface area (Å²) in [5.41, 5.74) is 0.509. The first-order valence-corrected chi connectivity index (χ1v) is 10.3. The van der Waals surface area contributed by atoms with Crippen LogP contribution in [-0.4, -0.2) is 39.1 Å². The molecule has 0 aliphatic rings. The van der Waals surface area contributed by atoms with Crippen molar-refractivity contribution in [2.75, 3.05) is 11.9 Å². The van der Waals surface area contributed by atoms with E-state index in [-0.39, 0.29) is 23.9 Å². The number of imidazole rings is 1. The molecule has 2 aromatic rings. The molecule has 162 valence electrons. The molecule has 8 heteroatoms. The maximum absolute atomic E-state index is 12.4. The molecule has 0 saturated carbocycles. The SMILES string of the molecule is CCCCCCC(C(=O)OCC)n1cnc(NC(=O)Cc2ccccc2C(=O)O)c1. The second kappa shape index (κ2) is 11.7. The van der Waals surface area contributed by atoms with Gasteiger partial charge in [-0.1, -0.05) is 50.8 Å². The maximum atomic E-state index is 12.4. The van der Waals surface area contributed by atoms with Gasteiger partial charge in [-0.05, 0) is 25.0 Å². The number of hydrogen-bond donors (Lipinski definition) is 2. The van der Waals surface area contributed by atoms with Crippen molar-refractivity contribution < 1.29 is 24.2 Å². The molecule has 1 atom stereocenters. The third-order valence-corrected chi connectivity index (χ3v) is 4.72. The van der Waals surface area contributed by atoms with Crippen LogP contribution in [0.5, 0.6) is 0 Å². The molecular weight excluding hydrogens is 386 g/mol. The zero-order valence-electron chi connectivity index (χ0n) is 17.5. The zero-order valence-corrected chi connectivity index (χ0v) is 17.5. The molecule has 2 rings (SSSR count). The molecule has 0 aliphatic carbocycles. The van der Waals surface area contributed by atoms with E-state index in [9.17, 15) is 19.5 Å². The summed E-state index contributed by atoms with van der Waals surface area (Å²) in [6, 6.07) is 5.87. The number of aromatic nitrogens is 2. The first kappa shape index (κ1) is 23.1. The van der Waals surface area contributed by atoms with Gasteiger partial charge in [0, 0.05) is 6.20 Å². The van der Waals surface area contributed by atoms with Crippen molar-refractivity contribution in [2.45, 2.75) is 58.4 Å². The summed E-state index contributed by atoms with van der Waals surface area (Å²) in [6.07, 6.45) is 7.79. The molecule has 0 fully saturated rings. The van der Waals surface area contributed by atoms with Crippen LogP contribution >= 0.6 is 0 Å². The van der Waals surface area contributed by atoms with Crippen LogP contribution in [0.25, 0.3) is 0 Å². The minimum absolute atomic E-state index is 0.0896. The van der Waals surface area contributed by atoms with Crippen LogP contribution in [0.4, 0.5) is 5.82 Å². The van der Waals surface area contributed by atoms with Gasteiger partial charge in [-0.25, -0.2) is 14.6 Å². The van der Waals surface area contributed by atoms with Crippen molar-refractivity contribution in [1.29, 1.82) is 0 Å². The number of nitrogens with one attached hydrogen (secondary N) is 1. The number of unbranched alkanes of at least 4 members (excludes halogenated alkanes) is 3. The van der Waals surface area contributed by atoms with Gasteiger partial charge >= 0.3 is 11.9 Å². The second-order valence-electron chi connectivity index (χ2n) is 7.01. The molecule has 2 N–H and O–H groups in total. The first-order chi connectivity index (χ1) is 14.5. The lowest BCUT2D eigenvalue weighted by Gasteiger charge is -2.16. The highest BCUT2D eigenvalue weighted by Gasteiger charge is 2.22. The van der Waals surface area contributed by atoms with Gasteiger partial charge < -0.3 is 19.7 Å². The van der Waals surface area contributed by atoms with Gasteiger partial charge in [0.25, 0.3) is 0 Å². The first-order valence-electron chi connectivity index (χ1n) is 10.3. The number of esters is 1. The Kier molecular flexibility index (Phi) is 9.05. The van der Waals surface area contributed by atoms with Gasteiger partial charge in [0.1, 0.15) is 6.04 Å². The Morgan fingerprint density at radius 1 is 1.17 bits per heavy atom. The number of carbonyl (C=O) groups is 3. The Morgan fingerprint density at radius 2 is 1.93 bits per heavy atom. The topological polar surface area (TPSA) is 111 Å².